The first kappa shape index (κ1) is 23.6. The number of anilines is 3. The van der Waals surface area contributed by atoms with Gasteiger partial charge in [-0.15, -0.1) is 0 Å². The van der Waals surface area contributed by atoms with Gasteiger partial charge in [-0.3, -0.25) is 24.2 Å². The quantitative estimate of drug-likeness (QED) is 0.520. The molecule has 1 aromatic heterocycles. The first-order valence-electron chi connectivity index (χ1n) is 12.0. The normalized spacial score (nSPS) is 20.7. The molecule has 0 bridgehead atoms. The fraction of sp³-hybridized carbons (Fsp3) is 0.458. The summed E-state index contributed by atoms with van der Waals surface area (Å²) in [5.41, 5.74) is 0.0269. The summed E-state index contributed by atoms with van der Waals surface area (Å²) >= 11 is 0. The third-order valence-corrected chi connectivity index (χ3v) is 6.41. The van der Waals surface area contributed by atoms with Crippen molar-refractivity contribution in [2.45, 2.75) is 32.1 Å². The third-order valence-electron chi connectivity index (χ3n) is 6.41. The highest BCUT2D eigenvalue weighted by Crippen LogP contribution is 2.34. The molecule has 3 N–H and O–H groups in total. The maximum absolute atomic E-state index is 13.2. The van der Waals surface area contributed by atoms with Gasteiger partial charge in [0.2, 0.25) is 17.8 Å². The zero-order valence-electron chi connectivity index (χ0n) is 19.8. The second-order valence-corrected chi connectivity index (χ2v) is 8.84. The molecule has 1 saturated heterocycles. The Bertz CT molecular complexity index is 1260. The Kier molecular flexibility index (Phi) is 6.49. The number of hydrogen-bond donors (Lipinski definition) is 3. The Morgan fingerprint density at radius 2 is 2.03 bits per heavy atom. The number of amides is 2. The number of rotatable bonds is 5. The topological polar surface area (TPSA) is 152 Å². The molecule has 0 radical (unpaired) electrons. The van der Waals surface area contributed by atoms with Crippen LogP contribution in [0.25, 0.3) is 0 Å². The number of aromatic nitrogens is 2. The number of esters is 1. The molecule has 2 amide bonds. The van der Waals surface area contributed by atoms with E-state index in [1.165, 1.54) is 0 Å². The van der Waals surface area contributed by atoms with Crippen LogP contribution >= 0.6 is 0 Å². The van der Waals surface area contributed by atoms with Crippen LogP contribution in [0.3, 0.4) is 0 Å². The molecule has 0 saturated carbocycles. The van der Waals surface area contributed by atoms with E-state index in [2.05, 4.69) is 20.6 Å². The first-order valence-corrected chi connectivity index (χ1v) is 12.0. The van der Waals surface area contributed by atoms with Gasteiger partial charge in [0.1, 0.15) is 19.0 Å². The molecule has 2 atom stereocenters. The minimum Gasteiger partial charge on any atom is -0.486 e. The molecular weight excluding hydrogens is 470 g/mol. The van der Waals surface area contributed by atoms with Crippen molar-refractivity contribution in [3.05, 3.63) is 34.1 Å². The van der Waals surface area contributed by atoms with E-state index in [1.807, 2.05) is 0 Å². The van der Waals surface area contributed by atoms with Crippen molar-refractivity contribution in [2.75, 3.05) is 48.4 Å². The van der Waals surface area contributed by atoms with Gasteiger partial charge in [0, 0.05) is 31.3 Å². The highest BCUT2D eigenvalue weighted by Gasteiger charge is 2.36. The number of hydrogen-bond acceptors (Lipinski definition) is 9. The molecular formula is C24H27N5O7. The Morgan fingerprint density at radius 1 is 1.22 bits per heavy atom. The first-order chi connectivity index (χ1) is 17.4. The number of carbonyl (C=O) groups excluding carboxylic acids is 3. The fourth-order valence-electron chi connectivity index (χ4n) is 4.71. The zero-order chi connectivity index (χ0) is 25.2. The molecule has 190 valence electrons. The van der Waals surface area contributed by atoms with E-state index in [4.69, 9.17) is 14.2 Å². The van der Waals surface area contributed by atoms with Gasteiger partial charge in [0.15, 0.2) is 11.5 Å². The van der Waals surface area contributed by atoms with E-state index in [1.54, 1.807) is 30.0 Å². The number of piperidine rings is 1. The van der Waals surface area contributed by atoms with Crippen molar-refractivity contribution in [1.29, 1.82) is 0 Å². The summed E-state index contributed by atoms with van der Waals surface area (Å²) in [5.74, 6) is -1.20. The standard InChI is InChI=1S/C24H27N5O7/c1-2-34-23(33)13-4-3-7-29(12-13)24-27-20-19(22(32)28-24)15(11-18(30)26-20)21(31)25-14-5-6-16-17(10-14)36-9-8-35-16/h5-6,10,13,15H,2-4,7-9,11-12H2,1H3,(H,25,31)(H2,26,27,28,30,32). The lowest BCUT2D eigenvalue weighted by atomic mass is 9.92. The number of fused-ring (bicyclic) bond motifs is 2. The minimum atomic E-state index is -1.03. The molecule has 1 aromatic carbocycles. The van der Waals surface area contributed by atoms with E-state index in [9.17, 15) is 19.2 Å². The lowest BCUT2D eigenvalue weighted by Crippen LogP contribution is -2.42. The van der Waals surface area contributed by atoms with E-state index in [0.29, 0.717) is 56.5 Å². The largest absolute Gasteiger partial charge is 0.486 e. The van der Waals surface area contributed by atoms with Crippen LogP contribution in [0.2, 0.25) is 0 Å². The average molecular weight is 498 g/mol. The van der Waals surface area contributed by atoms with Crippen LogP contribution < -0.4 is 30.6 Å². The minimum absolute atomic E-state index is 0.0468. The highest BCUT2D eigenvalue weighted by molar-refractivity contribution is 6.04. The lowest BCUT2D eigenvalue weighted by Gasteiger charge is -2.32. The van der Waals surface area contributed by atoms with Crippen LogP contribution in [0, 0.1) is 5.92 Å². The second-order valence-electron chi connectivity index (χ2n) is 8.84. The fourth-order valence-corrected chi connectivity index (χ4v) is 4.71. The molecule has 0 spiro atoms. The van der Waals surface area contributed by atoms with Gasteiger partial charge >= 0.3 is 5.97 Å². The molecule has 4 heterocycles. The number of benzene rings is 1. The summed E-state index contributed by atoms with van der Waals surface area (Å²) in [5, 5.41) is 5.38. The Hall–Kier alpha value is -4.09. The average Bonchev–Trinajstić information content (AvgIpc) is 2.88. The van der Waals surface area contributed by atoms with Crippen LogP contribution in [-0.4, -0.2) is 60.7 Å². The number of carbonyl (C=O) groups is 3. The van der Waals surface area contributed by atoms with Crippen molar-refractivity contribution in [3.63, 3.8) is 0 Å². The lowest BCUT2D eigenvalue weighted by molar-refractivity contribution is -0.148. The maximum Gasteiger partial charge on any atom is 0.310 e. The van der Waals surface area contributed by atoms with Crippen molar-refractivity contribution < 1.29 is 28.6 Å². The molecule has 5 rings (SSSR count). The molecule has 3 aliphatic heterocycles. The number of aromatic amines is 1. The number of nitrogens with zero attached hydrogens (tertiary/aromatic N) is 2. The van der Waals surface area contributed by atoms with Crippen LogP contribution in [0.15, 0.2) is 23.0 Å². The number of H-pyrrole nitrogens is 1. The SMILES string of the molecule is CCOC(=O)C1CCCN(c2nc3c(c(=O)[nH]2)C(C(=O)Nc2ccc4c(c2)OCCO4)CC(=O)N3)C1. The molecule has 2 aromatic rings. The molecule has 1 fully saturated rings. The zero-order valence-corrected chi connectivity index (χ0v) is 19.8. The predicted octanol–water partition coefficient (Wildman–Crippen LogP) is 1.39. The molecule has 3 aliphatic rings. The van der Waals surface area contributed by atoms with E-state index in [0.717, 1.165) is 6.42 Å². The maximum atomic E-state index is 13.2. The monoisotopic (exact) mass is 497 g/mol. The third kappa shape index (κ3) is 4.70. The van der Waals surface area contributed by atoms with Crippen LogP contribution in [-0.2, 0) is 19.1 Å². The van der Waals surface area contributed by atoms with Gasteiger partial charge in [0.25, 0.3) is 5.56 Å². The van der Waals surface area contributed by atoms with Gasteiger partial charge in [-0.25, -0.2) is 0 Å². The van der Waals surface area contributed by atoms with E-state index < -0.39 is 23.3 Å². The molecule has 36 heavy (non-hydrogen) atoms. The van der Waals surface area contributed by atoms with Crippen molar-refractivity contribution in [2.24, 2.45) is 5.92 Å². The Labute approximate surface area is 206 Å². The summed E-state index contributed by atoms with van der Waals surface area (Å²) in [4.78, 5) is 59.9. The van der Waals surface area contributed by atoms with Crippen LogP contribution in [0.4, 0.5) is 17.5 Å². The summed E-state index contributed by atoms with van der Waals surface area (Å²) in [6, 6.07) is 4.99. The summed E-state index contributed by atoms with van der Waals surface area (Å²) in [6.45, 7) is 3.82. The van der Waals surface area contributed by atoms with E-state index >= 15 is 0 Å². The van der Waals surface area contributed by atoms with Crippen LogP contribution in [0.5, 0.6) is 11.5 Å². The summed E-state index contributed by atoms with van der Waals surface area (Å²) in [6.07, 6.45) is 1.21. The van der Waals surface area contributed by atoms with Crippen LogP contribution in [0.1, 0.15) is 37.7 Å². The Morgan fingerprint density at radius 3 is 2.83 bits per heavy atom. The Balaban J connectivity index is 1.38. The van der Waals surface area contributed by atoms with Crippen molar-refractivity contribution in [3.8, 4) is 11.5 Å². The molecule has 12 heteroatoms. The van der Waals surface area contributed by atoms with Gasteiger partial charge in [-0.1, -0.05) is 0 Å². The molecule has 2 unspecified atom stereocenters. The smallest absolute Gasteiger partial charge is 0.310 e. The van der Waals surface area contributed by atoms with Crippen molar-refractivity contribution in [1.82, 2.24) is 9.97 Å². The second kappa shape index (κ2) is 9.88. The van der Waals surface area contributed by atoms with Crippen molar-refractivity contribution >= 4 is 35.2 Å². The van der Waals surface area contributed by atoms with Gasteiger partial charge in [-0.2, -0.15) is 4.98 Å². The van der Waals surface area contributed by atoms with Gasteiger partial charge < -0.3 is 29.7 Å². The number of ether oxygens (including phenoxy) is 3. The number of nitrogens with one attached hydrogen (secondary N) is 3. The van der Waals surface area contributed by atoms with Gasteiger partial charge in [-0.05, 0) is 31.9 Å². The molecule has 12 nitrogen and oxygen atoms in total. The molecule has 0 aliphatic carbocycles. The van der Waals surface area contributed by atoms with Gasteiger partial charge in [0.05, 0.1) is 24.0 Å². The highest BCUT2D eigenvalue weighted by atomic mass is 16.6. The summed E-state index contributed by atoms with van der Waals surface area (Å²) in [7, 11) is 0. The predicted molar refractivity (Wildman–Crippen MR) is 128 cm³/mol. The summed E-state index contributed by atoms with van der Waals surface area (Å²) < 4.78 is 16.2. The van der Waals surface area contributed by atoms with E-state index in [-0.39, 0.29) is 35.6 Å².